The van der Waals surface area contributed by atoms with Gasteiger partial charge in [-0.15, -0.1) is 0 Å². The Hall–Kier alpha value is -5.26. The van der Waals surface area contributed by atoms with Crippen LogP contribution in [0.5, 0.6) is 17.2 Å². The Morgan fingerprint density at radius 1 is 0.300 bits per heavy atom. The Labute approximate surface area is 257 Å². The van der Waals surface area contributed by atoms with Crippen LogP contribution in [0.2, 0.25) is 0 Å². The summed E-state index contributed by atoms with van der Waals surface area (Å²) >= 11 is 0. The molecular weight excluding hydrogens is 766 g/mol. The van der Waals surface area contributed by atoms with Crippen molar-refractivity contribution in [3.05, 3.63) is 123 Å². The normalized spacial score (nSPS) is 11.4. The van der Waals surface area contributed by atoms with Crippen LogP contribution >= 0.6 is 0 Å². The van der Waals surface area contributed by atoms with Gasteiger partial charge in [0.1, 0.15) is 0 Å². The minimum atomic E-state index is -6.43. The number of alkyl halides is 1. The van der Waals surface area contributed by atoms with Gasteiger partial charge in [0.05, 0.1) is 16.7 Å². The van der Waals surface area contributed by atoms with Crippen molar-refractivity contribution in [2.45, 2.75) is 5.67 Å². The molecule has 0 fully saturated rings. The molecule has 0 aliphatic carbocycles. The highest BCUT2D eigenvalue weighted by molar-refractivity contribution is 5.55. The van der Waals surface area contributed by atoms with Crippen LogP contribution in [0.25, 0.3) is 0 Å². The first-order valence-electron chi connectivity index (χ1n) is 11.4. The van der Waals surface area contributed by atoms with E-state index in [2.05, 4.69) is 14.2 Å². The summed E-state index contributed by atoms with van der Waals surface area (Å²) in [6, 6.07) is -10.2. The lowest BCUT2D eigenvalue weighted by molar-refractivity contribution is 0.190. The van der Waals surface area contributed by atoms with Crippen molar-refractivity contribution in [1.29, 1.82) is 0 Å². The van der Waals surface area contributed by atoms with E-state index < -0.39 is 146 Å². The monoisotopic (exact) mass is 766 g/mol. The Morgan fingerprint density at radius 3 is 0.600 bits per heavy atom. The molecule has 50 heavy (non-hydrogen) atoms. The molecule has 3 rings (SSSR count). The fraction of sp³-hybridized carbons (Fsp3) is 0.0400. The van der Waals surface area contributed by atoms with E-state index in [0.29, 0.717) is 0 Å². The van der Waals surface area contributed by atoms with Crippen LogP contribution in [-0.2, 0) is 5.67 Å². The predicted octanol–water partition coefficient (Wildman–Crippen LogP) is 10.9. The highest BCUT2D eigenvalue weighted by atomic mass is 19.3. The van der Waals surface area contributed by atoms with Gasteiger partial charge < -0.3 is 14.2 Å². The van der Waals surface area contributed by atoms with Gasteiger partial charge in [0, 0.05) is 0 Å². The van der Waals surface area contributed by atoms with Crippen LogP contribution in [0.4, 0.5) is 96.6 Å². The minimum Gasteiger partial charge on any atom is -0.421 e. The van der Waals surface area contributed by atoms with Crippen LogP contribution in [-0.4, -0.2) is 0 Å². The maximum atomic E-state index is 17.0. The Balaban J connectivity index is 2.71. The van der Waals surface area contributed by atoms with E-state index in [1.807, 2.05) is 0 Å². The molecule has 3 aromatic rings. The summed E-state index contributed by atoms with van der Waals surface area (Å²) in [4.78, 5) is 0. The summed E-state index contributed by atoms with van der Waals surface area (Å²) in [6.45, 7) is 0. The second kappa shape index (κ2) is 13.9. The fourth-order valence-electron chi connectivity index (χ4n) is 3.77. The molecule has 25 heteroatoms. The Bertz CT molecular complexity index is 1700. The van der Waals surface area contributed by atoms with Crippen LogP contribution in [0.3, 0.4) is 0 Å². The van der Waals surface area contributed by atoms with E-state index in [1.165, 1.54) is 0 Å². The van der Waals surface area contributed by atoms with Crippen molar-refractivity contribution < 1.29 is 111 Å². The van der Waals surface area contributed by atoms with Gasteiger partial charge >= 0.3 is 36.3 Å². The minimum absolute atomic E-state index is 3.04. The first kappa shape index (κ1) is 39.2. The van der Waals surface area contributed by atoms with Crippen molar-refractivity contribution in [2.75, 3.05) is 0 Å². The topological polar surface area (TPSA) is 27.7 Å². The second-order valence-electron chi connectivity index (χ2n) is 8.45. The van der Waals surface area contributed by atoms with Crippen molar-refractivity contribution in [2.24, 2.45) is 0 Å². The van der Waals surface area contributed by atoms with Gasteiger partial charge in [-0.3, -0.25) is 0 Å². The molecule has 272 valence electrons. The number of halogens is 22. The molecular formula is C25F22O3. The molecule has 0 N–H and O–H groups in total. The molecule has 0 heterocycles. The molecule has 0 atom stereocenters. The van der Waals surface area contributed by atoms with Gasteiger partial charge in [-0.05, 0) is 0 Å². The third-order valence-electron chi connectivity index (χ3n) is 5.72. The summed E-state index contributed by atoms with van der Waals surface area (Å²) in [5.74, 6) is -53.1. The maximum Gasteiger partial charge on any atom is 0.344 e. The van der Waals surface area contributed by atoms with Crippen molar-refractivity contribution in [3.63, 3.8) is 0 Å². The molecule has 0 aliphatic heterocycles. The number of ether oxygens (including phenoxy) is 3. The summed E-state index contributed by atoms with van der Waals surface area (Å²) in [5, 5.41) is 0. The Kier molecular flexibility index (Phi) is 10.9. The largest absolute Gasteiger partial charge is 0.421 e. The lowest BCUT2D eigenvalue weighted by Gasteiger charge is -2.30. The van der Waals surface area contributed by atoms with Gasteiger partial charge in [0.15, 0.2) is 34.9 Å². The van der Waals surface area contributed by atoms with E-state index in [0.717, 1.165) is 0 Å². The number of benzene rings is 3. The van der Waals surface area contributed by atoms with E-state index in [4.69, 9.17) is 0 Å². The lowest BCUT2D eigenvalue weighted by Crippen LogP contribution is -2.34. The summed E-state index contributed by atoms with van der Waals surface area (Å²) < 4.78 is 320. The number of rotatable bonds is 9. The van der Waals surface area contributed by atoms with Crippen molar-refractivity contribution >= 4 is 0 Å². The summed E-state index contributed by atoms with van der Waals surface area (Å²) in [5.41, 5.74) is -17.6. The van der Waals surface area contributed by atoms with Crippen LogP contribution in [0.1, 0.15) is 16.7 Å². The van der Waals surface area contributed by atoms with Crippen LogP contribution in [0.15, 0.2) is 36.3 Å². The average Bonchev–Trinajstić information content (AvgIpc) is 3.03. The molecule has 0 radical (unpaired) electrons. The standard InChI is InChI=1S/C25F22O3/c26-4-1(5(27)11(33)16(10(4)32)48-22(44)19(38)39)25(47,2-6(28)12(34)17(13(35)7(2)29)49-23(45)20(40)41)3-8(30)14(36)18(15(37)9(3)31)50-24(46)21(42)43. The Morgan fingerprint density at radius 2 is 0.460 bits per heavy atom. The second-order valence-corrected chi connectivity index (χ2v) is 8.45. The molecule has 3 nitrogen and oxygen atoms in total. The van der Waals surface area contributed by atoms with Crippen molar-refractivity contribution in [1.82, 2.24) is 0 Å². The summed E-state index contributed by atoms with van der Waals surface area (Å²) in [6.07, 6.45) is -11.0. The molecule has 3 aromatic carbocycles. The quantitative estimate of drug-likeness (QED) is 0.0940. The zero-order valence-corrected chi connectivity index (χ0v) is 22.0. The van der Waals surface area contributed by atoms with Crippen LogP contribution < -0.4 is 14.2 Å². The smallest absolute Gasteiger partial charge is 0.344 e. The van der Waals surface area contributed by atoms with Gasteiger partial charge in [-0.2, -0.15) is 65.9 Å². The first-order valence-corrected chi connectivity index (χ1v) is 11.4. The zero-order valence-electron chi connectivity index (χ0n) is 22.0. The third-order valence-corrected chi connectivity index (χ3v) is 5.72. The van der Waals surface area contributed by atoms with E-state index in [9.17, 15) is 65.9 Å². The highest BCUT2D eigenvalue weighted by Gasteiger charge is 2.55. The highest BCUT2D eigenvalue weighted by Crippen LogP contribution is 2.52. The third kappa shape index (κ3) is 6.30. The fourth-order valence-corrected chi connectivity index (χ4v) is 3.77. The molecule has 0 amide bonds. The van der Waals surface area contributed by atoms with E-state index >= 15 is 30.7 Å². The number of hydrogen-bond acceptors (Lipinski definition) is 3. The molecule has 0 bridgehead atoms. The molecule has 0 spiro atoms. The molecule has 0 saturated heterocycles. The molecule has 0 aliphatic rings. The SMILES string of the molecule is FC(F)=C(F)Oc1c(F)c(F)c(C(F)(c2c(F)c(F)c(OC(F)=C(F)F)c(F)c2F)c2c(F)c(F)c(OC(F)=C(F)F)c(F)c2F)c(F)c1F. The van der Waals surface area contributed by atoms with Crippen LogP contribution in [0, 0.1) is 69.8 Å². The van der Waals surface area contributed by atoms with E-state index in [1.54, 1.807) is 0 Å². The van der Waals surface area contributed by atoms with Gasteiger partial charge in [0.25, 0.3) is 0 Å². The number of hydrogen-bond donors (Lipinski definition) is 0. The summed E-state index contributed by atoms with van der Waals surface area (Å²) in [7, 11) is 0. The average molecular weight is 766 g/mol. The van der Waals surface area contributed by atoms with Gasteiger partial charge in [-0.1, -0.05) is 0 Å². The van der Waals surface area contributed by atoms with Crippen molar-refractivity contribution in [3.8, 4) is 17.2 Å². The first-order chi connectivity index (χ1) is 22.9. The van der Waals surface area contributed by atoms with Gasteiger partial charge in [-0.25, -0.2) is 30.7 Å². The molecule has 0 aromatic heterocycles. The predicted molar refractivity (Wildman–Crippen MR) is 113 cm³/mol. The maximum absolute atomic E-state index is 17.0. The molecule has 0 unspecified atom stereocenters. The van der Waals surface area contributed by atoms with Gasteiger partial charge in [0.2, 0.25) is 57.8 Å². The van der Waals surface area contributed by atoms with E-state index in [-0.39, 0.29) is 0 Å². The lowest BCUT2D eigenvalue weighted by atomic mass is 9.79. The zero-order chi connectivity index (χ0) is 38.5. The molecule has 0 saturated carbocycles.